The molecule has 3 nitrogen and oxygen atoms in total. The van der Waals surface area contributed by atoms with Gasteiger partial charge >= 0.3 is 5.97 Å². The average molecular weight is 553 g/mol. The van der Waals surface area contributed by atoms with Gasteiger partial charge in [-0.25, -0.2) is 0 Å². The second-order valence-corrected chi connectivity index (χ2v) is 13.4. The Kier molecular flexibility index (Phi) is 27.2. The van der Waals surface area contributed by atoms with E-state index in [-0.39, 0.29) is 11.9 Å². The second kappa shape index (κ2) is 27.6. The van der Waals surface area contributed by atoms with Crippen LogP contribution in [0.4, 0.5) is 0 Å². The Balaban J connectivity index is 4.02. The number of hydrogen-bond acceptors (Lipinski definition) is 3. The summed E-state index contributed by atoms with van der Waals surface area (Å²) in [6, 6.07) is 0. The lowest BCUT2D eigenvalue weighted by atomic mass is 9.91. The maximum Gasteiger partial charge on any atom is 0.312 e. The fourth-order valence-corrected chi connectivity index (χ4v) is 5.62. The Morgan fingerprint density at radius 2 is 0.795 bits per heavy atom. The van der Waals surface area contributed by atoms with Crippen LogP contribution in [0.3, 0.4) is 0 Å². The highest BCUT2D eigenvalue weighted by molar-refractivity contribution is 5.73. The fraction of sp³-hybridized carbons (Fsp3) is 0.972. The van der Waals surface area contributed by atoms with Gasteiger partial charge in [0.15, 0.2) is 0 Å². The van der Waals surface area contributed by atoms with Crippen molar-refractivity contribution < 1.29 is 14.6 Å². The number of carbonyl (C=O) groups excluding carboxylic acids is 1. The smallest absolute Gasteiger partial charge is 0.312 e. The zero-order valence-electron chi connectivity index (χ0n) is 27.5. The topological polar surface area (TPSA) is 46.5 Å². The molecule has 39 heavy (non-hydrogen) atoms. The molecule has 0 aliphatic heterocycles. The molecule has 0 saturated heterocycles. The normalized spacial score (nSPS) is 13.5. The second-order valence-electron chi connectivity index (χ2n) is 13.4. The molecule has 0 spiro atoms. The maximum atomic E-state index is 12.9. The van der Waals surface area contributed by atoms with E-state index >= 15 is 0 Å². The van der Waals surface area contributed by atoms with Crippen LogP contribution in [-0.4, -0.2) is 22.8 Å². The quantitative estimate of drug-likeness (QED) is 0.0741. The van der Waals surface area contributed by atoms with Gasteiger partial charge in [-0.05, 0) is 33.6 Å². The fourth-order valence-electron chi connectivity index (χ4n) is 5.62. The molecule has 0 fully saturated rings. The van der Waals surface area contributed by atoms with E-state index in [1.807, 2.05) is 20.8 Å². The number of unbranched alkanes of at least 4 members (excludes halogenated alkanes) is 23. The van der Waals surface area contributed by atoms with E-state index in [2.05, 4.69) is 13.8 Å². The SMILES string of the molecule is CCCCCCCCCCCCCCC[C@H](O)[C@H](CCCCCCCCCCCCCC)C(=O)OC(C)(C)C. The number of aliphatic hydroxyl groups is 1. The molecule has 1 N–H and O–H groups in total. The van der Waals surface area contributed by atoms with Crippen molar-refractivity contribution in [2.45, 2.75) is 220 Å². The first kappa shape index (κ1) is 38.4. The number of hydrogen-bond donors (Lipinski definition) is 1. The zero-order valence-corrected chi connectivity index (χ0v) is 27.5. The van der Waals surface area contributed by atoms with E-state index < -0.39 is 11.7 Å². The summed E-state index contributed by atoms with van der Waals surface area (Å²) in [5, 5.41) is 10.9. The zero-order chi connectivity index (χ0) is 29.0. The third-order valence-electron chi connectivity index (χ3n) is 8.15. The monoisotopic (exact) mass is 553 g/mol. The average Bonchev–Trinajstić information content (AvgIpc) is 2.88. The standard InChI is InChI=1S/C36H72O3/c1-6-8-10-12-14-16-18-20-22-24-26-28-30-32-34(37)33(35(38)39-36(3,4)5)31-29-27-25-23-21-19-17-15-13-11-9-7-2/h33-34,37H,6-32H2,1-5H3/t33-,34-/m0/s1. The van der Waals surface area contributed by atoms with Crippen molar-refractivity contribution in [3.05, 3.63) is 0 Å². The molecule has 0 aliphatic rings. The van der Waals surface area contributed by atoms with Crippen molar-refractivity contribution in [3.8, 4) is 0 Å². The van der Waals surface area contributed by atoms with Crippen LogP contribution in [0.15, 0.2) is 0 Å². The molecule has 0 aliphatic carbocycles. The Bertz CT molecular complexity index is 510. The van der Waals surface area contributed by atoms with Crippen molar-refractivity contribution in [2.75, 3.05) is 0 Å². The van der Waals surface area contributed by atoms with Crippen molar-refractivity contribution in [2.24, 2.45) is 5.92 Å². The maximum absolute atomic E-state index is 12.9. The highest BCUT2D eigenvalue weighted by atomic mass is 16.6. The molecule has 0 rings (SSSR count). The summed E-state index contributed by atoms with van der Waals surface area (Å²) < 4.78 is 5.70. The van der Waals surface area contributed by atoms with Gasteiger partial charge < -0.3 is 9.84 Å². The van der Waals surface area contributed by atoms with Crippen LogP contribution in [0.2, 0.25) is 0 Å². The minimum atomic E-state index is -0.569. The molecular formula is C36H72O3. The van der Waals surface area contributed by atoms with Gasteiger partial charge in [-0.2, -0.15) is 0 Å². The van der Waals surface area contributed by atoms with Crippen LogP contribution >= 0.6 is 0 Å². The molecule has 3 heteroatoms. The van der Waals surface area contributed by atoms with E-state index in [9.17, 15) is 9.90 Å². The van der Waals surface area contributed by atoms with Crippen molar-refractivity contribution in [3.63, 3.8) is 0 Å². The summed E-state index contributed by atoms with van der Waals surface area (Å²) in [5.74, 6) is -0.572. The first-order chi connectivity index (χ1) is 18.8. The molecule has 0 amide bonds. The Labute approximate surface area is 246 Å². The van der Waals surface area contributed by atoms with E-state index in [1.54, 1.807) is 0 Å². The molecule has 0 aromatic rings. The first-order valence-corrected chi connectivity index (χ1v) is 17.7. The molecule has 0 unspecified atom stereocenters. The van der Waals surface area contributed by atoms with Gasteiger partial charge in [0, 0.05) is 0 Å². The van der Waals surface area contributed by atoms with Gasteiger partial charge in [-0.3, -0.25) is 4.79 Å². The summed E-state index contributed by atoms with van der Waals surface area (Å²) in [6.07, 6.45) is 33.8. The van der Waals surface area contributed by atoms with Gasteiger partial charge in [0.05, 0.1) is 12.0 Å². The van der Waals surface area contributed by atoms with Crippen LogP contribution < -0.4 is 0 Å². The minimum absolute atomic E-state index is 0.201. The summed E-state index contributed by atoms with van der Waals surface area (Å²) in [6.45, 7) is 10.3. The van der Waals surface area contributed by atoms with Crippen LogP contribution in [-0.2, 0) is 9.53 Å². The molecule has 0 radical (unpaired) electrons. The van der Waals surface area contributed by atoms with Crippen molar-refractivity contribution in [1.82, 2.24) is 0 Å². The number of esters is 1. The van der Waals surface area contributed by atoms with Crippen LogP contribution in [0.1, 0.15) is 208 Å². The van der Waals surface area contributed by atoms with Crippen LogP contribution in [0.5, 0.6) is 0 Å². The molecule has 0 heterocycles. The summed E-state index contributed by atoms with van der Waals surface area (Å²) in [4.78, 5) is 12.9. The highest BCUT2D eigenvalue weighted by Gasteiger charge is 2.30. The lowest BCUT2D eigenvalue weighted by molar-refractivity contribution is -0.164. The van der Waals surface area contributed by atoms with E-state index in [0.717, 1.165) is 38.5 Å². The van der Waals surface area contributed by atoms with Crippen LogP contribution in [0, 0.1) is 5.92 Å². The lowest BCUT2D eigenvalue weighted by Gasteiger charge is -2.27. The molecule has 0 aromatic heterocycles. The van der Waals surface area contributed by atoms with Gasteiger partial charge in [0.1, 0.15) is 5.60 Å². The third-order valence-corrected chi connectivity index (χ3v) is 8.15. The summed E-state index contributed by atoms with van der Waals surface area (Å²) in [5.41, 5.74) is -0.499. The van der Waals surface area contributed by atoms with E-state index in [1.165, 1.54) is 135 Å². The number of ether oxygens (including phenoxy) is 1. The Morgan fingerprint density at radius 3 is 1.10 bits per heavy atom. The third kappa shape index (κ3) is 27.4. The lowest BCUT2D eigenvalue weighted by Crippen LogP contribution is -2.35. The van der Waals surface area contributed by atoms with Gasteiger partial charge in [0.25, 0.3) is 0 Å². The molecular weight excluding hydrogens is 480 g/mol. The summed E-state index contributed by atoms with van der Waals surface area (Å²) >= 11 is 0. The molecule has 0 aromatic carbocycles. The molecule has 0 bridgehead atoms. The first-order valence-electron chi connectivity index (χ1n) is 17.7. The van der Waals surface area contributed by atoms with Crippen LogP contribution in [0.25, 0.3) is 0 Å². The largest absolute Gasteiger partial charge is 0.460 e. The van der Waals surface area contributed by atoms with Crippen molar-refractivity contribution in [1.29, 1.82) is 0 Å². The number of aliphatic hydroxyl groups excluding tert-OH is 1. The van der Waals surface area contributed by atoms with Gasteiger partial charge in [-0.1, -0.05) is 174 Å². The van der Waals surface area contributed by atoms with E-state index in [0.29, 0.717) is 0 Å². The molecule has 234 valence electrons. The number of carbonyl (C=O) groups is 1. The predicted octanol–water partition coefficient (Wildman–Crippen LogP) is 11.9. The van der Waals surface area contributed by atoms with E-state index in [4.69, 9.17) is 4.74 Å². The minimum Gasteiger partial charge on any atom is -0.460 e. The molecule has 0 saturated carbocycles. The predicted molar refractivity (Wildman–Crippen MR) is 171 cm³/mol. The molecule has 2 atom stereocenters. The number of rotatable bonds is 29. The van der Waals surface area contributed by atoms with Gasteiger partial charge in [0.2, 0.25) is 0 Å². The van der Waals surface area contributed by atoms with Gasteiger partial charge in [-0.15, -0.1) is 0 Å². The summed E-state index contributed by atoms with van der Waals surface area (Å²) in [7, 11) is 0. The Hall–Kier alpha value is -0.570. The Morgan fingerprint density at radius 1 is 0.513 bits per heavy atom. The van der Waals surface area contributed by atoms with Crippen molar-refractivity contribution >= 4 is 5.97 Å². The highest BCUT2D eigenvalue weighted by Crippen LogP contribution is 2.24.